The Hall–Kier alpha value is -2.74. The van der Waals surface area contributed by atoms with Crippen molar-refractivity contribution in [3.63, 3.8) is 0 Å². The molecule has 0 heterocycles. The van der Waals surface area contributed by atoms with E-state index < -0.39 is 0 Å². The van der Waals surface area contributed by atoms with Crippen molar-refractivity contribution in [3.05, 3.63) is 89.5 Å². The number of ether oxygens (including phenoxy) is 1. The maximum Gasteiger partial charge on any atom is 0.127 e. The number of nitrogen functional groups attached to an aromatic ring is 1. The summed E-state index contributed by atoms with van der Waals surface area (Å²) in [4.78, 5) is 0. The van der Waals surface area contributed by atoms with Crippen molar-refractivity contribution in [3.8, 4) is 11.5 Å². The molecule has 0 saturated carbocycles. The Morgan fingerprint density at radius 2 is 1.13 bits per heavy atom. The van der Waals surface area contributed by atoms with Crippen LogP contribution >= 0.6 is 0 Å². The fourth-order valence-corrected chi connectivity index (χ4v) is 2.54. The Morgan fingerprint density at radius 1 is 0.696 bits per heavy atom. The van der Waals surface area contributed by atoms with Gasteiger partial charge in [0, 0.05) is 11.6 Å². The van der Waals surface area contributed by atoms with Crippen LogP contribution in [0.15, 0.2) is 72.8 Å². The van der Waals surface area contributed by atoms with Crippen molar-refractivity contribution >= 4 is 5.69 Å². The Bertz CT molecular complexity index is 758. The topological polar surface area (TPSA) is 35.2 Å². The zero-order valence-corrected chi connectivity index (χ0v) is 13.5. The van der Waals surface area contributed by atoms with Crippen LogP contribution in [0.25, 0.3) is 0 Å². The van der Waals surface area contributed by atoms with E-state index in [4.69, 9.17) is 10.5 Å². The van der Waals surface area contributed by atoms with Gasteiger partial charge in [-0.25, -0.2) is 0 Å². The Labute approximate surface area is 137 Å². The molecule has 0 amide bonds. The summed E-state index contributed by atoms with van der Waals surface area (Å²) in [6.45, 7) is 4.33. The highest BCUT2D eigenvalue weighted by atomic mass is 16.5. The van der Waals surface area contributed by atoms with Gasteiger partial charge >= 0.3 is 0 Å². The number of anilines is 1. The average molecular weight is 303 g/mol. The number of rotatable bonds is 4. The lowest BCUT2D eigenvalue weighted by molar-refractivity contribution is 0.482. The first-order chi connectivity index (χ1) is 11.1. The molecule has 3 aromatic carbocycles. The van der Waals surface area contributed by atoms with Crippen LogP contribution in [0.4, 0.5) is 5.69 Å². The molecule has 1 atom stereocenters. The molecule has 0 saturated heterocycles. The third-order valence-electron chi connectivity index (χ3n) is 4.07. The molecule has 0 fully saturated rings. The molecule has 23 heavy (non-hydrogen) atoms. The van der Waals surface area contributed by atoms with Gasteiger partial charge in [0.1, 0.15) is 11.5 Å². The SMILES string of the molecule is Cc1ccc(C(C)c2ccc(Oc3ccc(N)cc3)cc2)cc1. The molecule has 0 spiro atoms. The fraction of sp³-hybridized carbons (Fsp3) is 0.143. The van der Waals surface area contributed by atoms with Crippen LogP contribution in [0, 0.1) is 6.92 Å². The molecular formula is C21H21NO. The minimum Gasteiger partial charge on any atom is -0.457 e. The Kier molecular flexibility index (Phi) is 4.33. The molecule has 2 N–H and O–H groups in total. The quantitative estimate of drug-likeness (QED) is 0.644. The van der Waals surface area contributed by atoms with Crippen LogP contribution in [0.2, 0.25) is 0 Å². The molecule has 0 aliphatic heterocycles. The molecule has 0 bridgehead atoms. The van der Waals surface area contributed by atoms with Gasteiger partial charge in [0.05, 0.1) is 0 Å². The van der Waals surface area contributed by atoms with E-state index in [1.807, 2.05) is 36.4 Å². The maximum absolute atomic E-state index is 5.83. The monoisotopic (exact) mass is 303 g/mol. The van der Waals surface area contributed by atoms with Crippen LogP contribution in [-0.4, -0.2) is 0 Å². The zero-order valence-electron chi connectivity index (χ0n) is 13.5. The third-order valence-corrected chi connectivity index (χ3v) is 4.07. The number of aryl methyl sites for hydroxylation is 1. The summed E-state index contributed by atoms with van der Waals surface area (Å²) in [5.74, 6) is 1.98. The molecule has 1 unspecified atom stereocenters. The van der Waals surface area contributed by atoms with E-state index in [1.165, 1.54) is 16.7 Å². The number of benzene rings is 3. The molecule has 2 nitrogen and oxygen atoms in total. The Balaban J connectivity index is 1.73. The van der Waals surface area contributed by atoms with E-state index in [9.17, 15) is 0 Å². The minimum absolute atomic E-state index is 0.362. The molecule has 116 valence electrons. The van der Waals surface area contributed by atoms with Gasteiger partial charge in [-0.05, 0) is 54.4 Å². The van der Waals surface area contributed by atoms with Crippen molar-refractivity contribution in [2.75, 3.05) is 5.73 Å². The van der Waals surface area contributed by atoms with Gasteiger partial charge in [0.15, 0.2) is 0 Å². The number of nitrogens with two attached hydrogens (primary N) is 1. The molecule has 0 radical (unpaired) electrons. The first-order valence-electron chi connectivity index (χ1n) is 7.82. The first-order valence-corrected chi connectivity index (χ1v) is 7.82. The number of hydrogen-bond donors (Lipinski definition) is 1. The van der Waals surface area contributed by atoms with Gasteiger partial charge < -0.3 is 10.5 Å². The maximum atomic E-state index is 5.83. The zero-order chi connectivity index (χ0) is 16.2. The number of hydrogen-bond acceptors (Lipinski definition) is 2. The summed E-state index contributed by atoms with van der Waals surface area (Å²) >= 11 is 0. The lowest BCUT2D eigenvalue weighted by Crippen LogP contribution is -1.96. The molecule has 0 aliphatic rings. The van der Waals surface area contributed by atoms with Crippen LogP contribution in [-0.2, 0) is 0 Å². The van der Waals surface area contributed by atoms with Gasteiger partial charge in [-0.15, -0.1) is 0 Å². The molecule has 3 aromatic rings. The lowest BCUT2D eigenvalue weighted by atomic mass is 9.93. The second-order valence-electron chi connectivity index (χ2n) is 5.87. The highest BCUT2D eigenvalue weighted by molar-refractivity contribution is 5.43. The second kappa shape index (κ2) is 6.57. The molecular weight excluding hydrogens is 282 g/mol. The highest BCUT2D eigenvalue weighted by Gasteiger charge is 2.08. The average Bonchev–Trinajstić information content (AvgIpc) is 2.58. The summed E-state index contributed by atoms with van der Waals surface area (Å²) in [6.07, 6.45) is 0. The highest BCUT2D eigenvalue weighted by Crippen LogP contribution is 2.28. The summed E-state index contributed by atoms with van der Waals surface area (Å²) in [5.41, 5.74) is 10.3. The van der Waals surface area contributed by atoms with E-state index in [-0.39, 0.29) is 0 Å². The van der Waals surface area contributed by atoms with Crippen LogP contribution < -0.4 is 10.5 Å². The summed E-state index contributed by atoms with van der Waals surface area (Å²) in [5, 5.41) is 0. The molecule has 0 aromatic heterocycles. The van der Waals surface area contributed by atoms with Gasteiger partial charge in [-0.3, -0.25) is 0 Å². The Morgan fingerprint density at radius 3 is 1.65 bits per heavy atom. The third kappa shape index (κ3) is 3.72. The smallest absolute Gasteiger partial charge is 0.127 e. The summed E-state index contributed by atoms with van der Waals surface area (Å²) in [7, 11) is 0. The van der Waals surface area contributed by atoms with Crippen molar-refractivity contribution in [1.29, 1.82) is 0 Å². The van der Waals surface area contributed by atoms with E-state index in [0.717, 1.165) is 17.2 Å². The van der Waals surface area contributed by atoms with Gasteiger partial charge in [-0.1, -0.05) is 48.9 Å². The standard InChI is InChI=1S/C21H21NO/c1-15-3-5-17(6-4-15)16(2)18-7-11-20(12-8-18)23-21-13-9-19(22)10-14-21/h3-14,16H,22H2,1-2H3. The normalized spacial score (nSPS) is 11.9. The molecule has 2 heteroatoms. The van der Waals surface area contributed by atoms with E-state index in [2.05, 4.69) is 50.2 Å². The second-order valence-corrected chi connectivity index (χ2v) is 5.87. The predicted molar refractivity (Wildman–Crippen MR) is 96.1 cm³/mol. The van der Waals surface area contributed by atoms with Gasteiger partial charge in [0.2, 0.25) is 0 Å². The van der Waals surface area contributed by atoms with Crippen molar-refractivity contribution in [2.24, 2.45) is 0 Å². The van der Waals surface area contributed by atoms with Crippen molar-refractivity contribution in [1.82, 2.24) is 0 Å². The molecule has 3 rings (SSSR count). The van der Waals surface area contributed by atoms with Crippen LogP contribution in [0.5, 0.6) is 11.5 Å². The lowest BCUT2D eigenvalue weighted by Gasteiger charge is -2.14. The van der Waals surface area contributed by atoms with Crippen molar-refractivity contribution < 1.29 is 4.74 Å². The fourth-order valence-electron chi connectivity index (χ4n) is 2.54. The van der Waals surface area contributed by atoms with Crippen LogP contribution in [0.3, 0.4) is 0 Å². The van der Waals surface area contributed by atoms with E-state index >= 15 is 0 Å². The summed E-state index contributed by atoms with van der Waals surface area (Å²) < 4.78 is 5.83. The minimum atomic E-state index is 0.362. The van der Waals surface area contributed by atoms with E-state index in [0.29, 0.717) is 5.92 Å². The predicted octanol–water partition coefficient (Wildman–Crippen LogP) is 5.52. The largest absolute Gasteiger partial charge is 0.457 e. The van der Waals surface area contributed by atoms with E-state index in [1.54, 1.807) is 0 Å². The van der Waals surface area contributed by atoms with Gasteiger partial charge in [0.25, 0.3) is 0 Å². The van der Waals surface area contributed by atoms with Gasteiger partial charge in [-0.2, -0.15) is 0 Å². The van der Waals surface area contributed by atoms with Crippen molar-refractivity contribution in [2.45, 2.75) is 19.8 Å². The first kappa shape index (κ1) is 15.2. The molecule has 0 aliphatic carbocycles. The van der Waals surface area contributed by atoms with Crippen LogP contribution in [0.1, 0.15) is 29.5 Å². The summed E-state index contributed by atoms with van der Waals surface area (Å²) in [6, 6.07) is 24.4.